The largest absolute Gasteiger partial charge is 0.494 e. The zero-order valence-electron chi connectivity index (χ0n) is 15.2. The minimum atomic E-state index is 0.400. The van der Waals surface area contributed by atoms with Crippen molar-refractivity contribution in [1.29, 1.82) is 0 Å². The van der Waals surface area contributed by atoms with Crippen LogP contribution in [0.3, 0.4) is 0 Å². The summed E-state index contributed by atoms with van der Waals surface area (Å²) >= 11 is 0. The number of hydrogen-bond acceptors (Lipinski definition) is 6. The summed E-state index contributed by atoms with van der Waals surface area (Å²) < 4.78 is 5.45. The average molecular weight is 349 g/mol. The van der Waals surface area contributed by atoms with Crippen molar-refractivity contribution in [2.75, 3.05) is 17.2 Å². The van der Waals surface area contributed by atoms with Gasteiger partial charge in [-0.1, -0.05) is 32.0 Å². The first-order valence-corrected chi connectivity index (χ1v) is 8.71. The van der Waals surface area contributed by atoms with E-state index in [1.165, 1.54) is 5.56 Å². The summed E-state index contributed by atoms with van der Waals surface area (Å²) in [6.45, 7) is 6.92. The predicted molar refractivity (Wildman–Crippen MR) is 105 cm³/mol. The van der Waals surface area contributed by atoms with E-state index < -0.39 is 0 Å². The molecule has 1 heterocycles. The highest BCUT2D eigenvalue weighted by Crippen LogP contribution is 2.26. The number of para-hydroxylation sites is 1. The van der Waals surface area contributed by atoms with Crippen LogP contribution in [-0.4, -0.2) is 21.8 Å². The van der Waals surface area contributed by atoms with Gasteiger partial charge in [-0.15, -0.1) is 5.10 Å². The lowest BCUT2D eigenvalue weighted by atomic mass is 10.0. The topological polar surface area (TPSA) is 72.0 Å². The number of anilines is 4. The van der Waals surface area contributed by atoms with Crippen LogP contribution in [0.5, 0.6) is 5.75 Å². The van der Waals surface area contributed by atoms with Crippen molar-refractivity contribution in [2.24, 2.45) is 0 Å². The fraction of sp³-hybridized carbons (Fsp3) is 0.250. The first kappa shape index (κ1) is 17.7. The third kappa shape index (κ3) is 4.47. The SMILES string of the molecule is CCOc1ccc(Nc2cnnc(Nc3ccccc3C(C)C)n2)cc1. The van der Waals surface area contributed by atoms with Crippen molar-refractivity contribution < 1.29 is 4.74 Å². The summed E-state index contributed by atoms with van der Waals surface area (Å²) in [7, 11) is 0. The molecular weight excluding hydrogens is 326 g/mol. The van der Waals surface area contributed by atoms with E-state index in [9.17, 15) is 0 Å². The lowest BCUT2D eigenvalue weighted by molar-refractivity contribution is 0.340. The second-order valence-corrected chi connectivity index (χ2v) is 6.11. The van der Waals surface area contributed by atoms with Crippen LogP contribution in [0.1, 0.15) is 32.3 Å². The molecule has 3 rings (SSSR count). The van der Waals surface area contributed by atoms with Gasteiger partial charge in [0, 0.05) is 11.4 Å². The second kappa shape index (κ2) is 8.29. The predicted octanol–water partition coefficient (Wildman–Crippen LogP) is 4.88. The molecule has 0 unspecified atom stereocenters. The molecule has 0 saturated carbocycles. The van der Waals surface area contributed by atoms with Gasteiger partial charge >= 0.3 is 0 Å². The molecule has 0 amide bonds. The Labute approximate surface area is 153 Å². The van der Waals surface area contributed by atoms with Crippen molar-refractivity contribution in [2.45, 2.75) is 26.7 Å². The minimum absolute atomic E-state index is 0.400. The van der Waals surface area contributed by atoms with Crippen molar-refractivity contribution in [3.05, 3.63) is 60.3 Å². The normalized spacial score (nSPS) is 10.6. The third-order valence-corrected chi connectivity index (χ3v) is 3.83. The summed E-state index contributed by atoms with van der Waals surface area (Å²) in [6, 6.07) is 15.8. The van der Waals surface area contributed by atoms with Gasteiger partial charge in [0.25, 0.3) is 0 Å². The Kier molecular flexibility index (Phi) is 5.63. The molecule has 6 nitrogen and oxygen atoms in total. The number of nitrogens with one attached hydrogen (secondary N) is 2. The van der Waals surface area contributed by atoms with Crippen LogP contribution < -0.4 is 15.4 Å². The highest BCUT2D eigenvalue weighted by atomic mass is 16.5. The Bertz CT molecular complexity index is 849. The Morgan fingerprint density at radius 1 is 1.00 bits per heavy atom. The zero-order chi connectivity index (χ0) is 18.4. The van der Waals surface area contributed by atoms with Gasteiger partial charge in [-0.2, -0.15) is 10.1 Å². The molecular formula is C20H23N5O. The smallest absolute Gasteiger partial charge is 0.249 e. The highest BCUT2D eigenvalue weighted by Gasteiger charge is 2.08. The van der Waals surface area contributed by atoms with Crippen molar-refractivity contribution >= 4 is 23.1 Å². The van der Waals surface area contributed by atoms with E-state index in [-0.39, 0.29) is 0 Å². The molecule has 1 aromatic heterocycles. The fourth-order valence-electron chi connectivity index (χ4n) is 2.60. The molecule has 0 fully saturated rings. The van der Waals surface area contributed by atoms with Gasteiger partial charge in [-0.05, 0) is 48.7 Å². The van der Waals surface area contributed by atoms with Crippen LogP contribution >= 0.6 is 0 Å². The molecule has 0 radical (unpaired) electrons. The third-order valence-electron chi connectivity index (χ3n) is 3.83. The van der Waals surface area contributed by atoms with Crippen LogP contribution in [0.25, 0.3) is 0 Å². The summed E-state index contributed by atoms with van der Waals surface area (Å²) in [5.41, 5.74) is 3.10. The quantitative estimate of drug-likeness (QED) is 0.633. The Hall–Kier alpha value is -3.15. The molecule has 134 valence electrons. The number of aromatic nitrogens is 3. The second-order valence-electron chi connectivity index (χ2n) is 6.11. The molecule has 0 spiro atoms. The molecule has 2 N–H and O–H groups in total. The van der Waals surface area contributed by atoms with Crippen LogP contribution in [0.15, 0.2) is 54.7 Å². The summed E-state index contributed by atoms with van der Waals surface area (Å²) in [5.74, 6) is 2.31. The molecule has 0 atom stereocenters. The minimum Gasteiger partial charge on any atom is -0.494 e. The molecule has 0 aliphatic carbocycles. The van der Waals surface area contributed by atoms with Gasteiger partial charge in [-0.3, -0.25) is 0 Å². The Morgan fingerprint density at radius 3 is 2.50 bits per heavy atom. The Morgan fingerprint density at radius 2 is 1.77 bits per heavy atom. The molecule has 0 aliphatic heterocycles. The van der Waals surface area contributed by atoms with Crippen molar-refractivity contribution in [3.8, 4) is 5.75 Å². The molecule has 3 aromatic rings. The molecule has 0 bridgehead atoms. The van der Waals surface area contributed by atoms with Crippen molar-refractivity contribution in [3.63, 3.8) is 0 Å². The molecule has 6 heteroatoms. The van der Waals surface area contributed by atoms with E-state index in [1.54, 1.807) is 6.20 Å². The summed E-state index contributed by atoms with van der Waals surface area (Å²) in [4.78, 5) is 4.50. The maximum absolute atomic E-state index is 5.45. The van der Waals surface area contributed by atoms with E-state index in [2.05, 4.69) is 45.7 Å². The number of ether oxygens (including phenoxy) is 1. The molecule has 0 saturated heterocycles. The maximum Gasteiger partial charge on any atom is 0.249 e. The number of rotatable bonds is 7. The van der Waals surface area contributed by atoms with Crippen LogP contribution in [-0.2, 0) is 0 Å². The van der Waals surface area contributed by atoms with E-state index in [0.29, 0.717) is 24.3 Å². The first-order chi connectivity index (χ1) is 12.7. The van der Waals surface area contributed by atoms with E-state index in [4.69, 9.17) is 4.74 Å². The molecule has 2 aromatic carbocycles. The van der Waals surface area contributed by atoms with Crippen molar-refractivity contribution in [1.82, 2.24) is 15.2 Å². The summed E-state index contributed by atoms with van der Waals surface area (Å²) in [5, 5.41) is 14.6. The zero-order valence-corrected chi connectivity index (χ0v) is 15.2. The molecule has 0 aliphatic rings. The van der Waals surface area contributed by atoms with Gasteiger partial charge in [0.1, 0.15) is 5.75 Å². The lowest BCUT2D eigenvalue weighted by Crippen LogP contribution is -2.04. The highest BCUT2D eigenvalue weighted by molar-refractivity contribution is 5.61. The maximum atomic E-state index is 5.45. The van der Waals surface area contributed by atoms with Crippen LogP contribution in [0, 0.1) is 0 Å². The first-order valence-electron chi connectivity index (χ1n) is 8.71. The van der Waals surface area contributed by atoms with Gasteiger partial charge in [0.05, 0.1) is 12.8 Å². The number of nitrogens with zero attached hydrogens (tertiary/aromatic N) is 3. The Balaban J connectivity index is 1.74. The van der Waals surface area contributed by atoms with Crippen LogP contribution in [0.2, 0.25) is 0 Å². The van der Waals surface area contributed by atoms with E-state index in [0.717, 1.165) is 17.1 Å². The summed E-state index contributed by atoms with van der Waals surface area (Å²) in [6.07, 6.45) is 1.59. The average Bonchev–Trinajstić information content (AvgIpc) is 2.64. The van der Waals surface area contributed by atoms with E-state index >= 15 is 0 Å². The monoisotopic (exact) mass is 349 g/mol. The fourth-order valence-corrected chi connectivity index (χ4v) is 2.60. The van der Waals surface area contributed by atoms with Crippen LogP contribution in [0.4, 0.5) is 23.1 Å². The number of benzene rings is 2. The van der Waals surface area contributed by atoms with Gasteiger partial charge in [-0.25, -0.2) is 0 Å². The standard InChI is InChI=1S/C20H23N5O/c1-4-26-16-11-9-15(10-12-16)22-19-13-21-25-20(24-19)23-18-8-6-5-7-17(18)14(2)3/h5-14H,4H2,1-3H3,(H2,22,23,24,25). The number of hydrogen-bond donors (Lipinski definition) is 2. The van der Waals surface area contributed by atoms with Gasteiger partial charge in [0.2, 0.25) is 5.95 Å². The molecule has 26 heavy (non-hydrogen) atoms. The van der Waals surface area contributed by atoms with Gasteiger partial charge < -0.3 is 15.4 Å². The van der Waals surface area contributed by atoms with E-state index in [1.807, 2.05) is 49.4 Å². The van der Waals surface area contributed by atoms with Gasteiger partial charge in [0.15, 0.2) is 5.82 Å². The lowest BCUT2D eigenvalue weighted by Gasteiger charge is -2.13.